The standard InChI is InChI=1S/C19H22N2O4S/c1-5-10(2)8-14-12(4)26-18-16(14)17(22)20-15(21-18)9-25-19(23)13-6-7-24-11(13)3/h6-7,10H,5,8-9H2,1-4H3,(H,20,21,22)/t10-/m0/s1. The van der Waals surface area contributed by atoms with Gasteiger partial charge >= 0.3 is 5.97 Å². The monoisotopic (exact) mass is 374 g/mol. The molecule has 0 aliphatic rings. The van der Waals surface area contributed by atoms with Crippen molar-refractivity contribution in [3.05, 3.63) is 50.3 Å². The van der Waals surface area contributed by atoms with Crippen LogP contribution in [0.5, 0.6) is 0 Å². The molecule has 1 atom stereocenters. The van der Waals surface area contributed by atoms with Gasteiger partial charge in [-0.2, -0.15) is 0 Å². The van der Waals surface area contributed by atoms with Gasteiger partial charge in [0.05, 0.1) is 11.6 Å². The number of hydrogen-bond donors (Lipinski definition) is 1. The number of ether oxygens (including phenoxy) is 1. The van der Waals surface area contributed by atoms with E-state index >= 15 is 0 Å². The lowest BCUT2D eigenvalue weighted by atomic mass is 9.98. The Morgan fingerprint density at radius 3 is 2.85 bits per heavy atom. The Labute approximate surface area is 155 Å². The van der Waals surface area contributed by atoms with Crippen LogP contribution in [-0.2, 0) is 17.8 Å². The van der Waals surface area contributed by atoms with E-state index in [9.17, 15) is 9.59 Å². The van der Waals surface area contributed by atoms with E-state index in [4.69, 9.17) is 9.15 Å². The number of nitrogens with zero attached hydrogens (tertiary/aromatic N) is 1. The highest BCUT2D eigenvalue weighted by atomic mass is 32.1. The lowest BCUT2D eigenvalue weighted by Crippen LogP contribution is -2.15. The lowest BCUT2D eigenvalue weighted by Gasteiger charge is -2.08. The van der Waals surface area contributed by atoms with E-state index < -0.39 is 5.97 Å². The van der Waals surface area contributed by atoms with Crippen molar-refractivity contribution < 1.29 is 13.9 Å². The number of hydrogen-bond acceptors (Lipinski definition) is 6. The zero-order valence-corrected chi connectivity index (χ0v) is 16.2. The van der Waals surface area contributed by atoms with Crippen molar-refractivity contribution in [1.29, 1.82) is 0 Å². The summed E-state index contributed by atoms with van der Waals surface area (Å²) < 4.78 is 10.3. The number of nitrogens with one attached hydrogen (secondary N) is 1. The summed E-state index contributed by atoms with van der Waals surface area (Å²) in [5.41, 5.74) is 1.27. The smallest absolute Gasteiger partial charge is 0.342 e. The van der Waals surface area contributed by atoms with Crippen LogP contribution < -0.4 is 5.56 Å². The van der Waals surface area contributed by atoms with Gasteiger partial charge in [0.1, 0.15) is 28.6 Å². The van der Waals surface area contributed by atoms with Gasteiger partial charge in [-0.3, -0.25) is 4.79 Å². The maximum absolute atomic E-state index is 12.6. The average molecular weight is 374 g/mol. The van der Waals surface area contributed by atoms with Crippen LogP contribution in [0.25, 0.3) is 10.2 Å². The van der Waals surface area contributed by atoms with Crippen LogP contribution >= 0.6 is 11.3 Å². The van der Waals surface area contributed by atoms with E-state index in [-0.39, 0.29) is 12.2 Å². The maximum Gasteiger partial charge on any atom is 0.342 e. The summed E-state index contributed by atoms with van der Waals surface area (Å²) in [6, 6.07) is 1.56. The Morgan fingerprint density at radius 2 is 2.19 bits per heavy atom. The molecule has 0 saturated heterocycles. The van der Waals surface area contributed by atoms with Gasteiger partial charge in [0.15, 0.2) is 0 Å². The zero-order valence-electron chi connectivity index (χ0n) is 15.3. The molecule has 3 rings (SSSR count). The van der Waals surface area contributed by atoms with Gasteiger partial charge in [0, 0.05) is 4.88 Å². The number of fused-ring (bicyclic) bond motifs is 1. The molecule has 1 N–H and O–H groups in total. The molecule has 3 aromatic heterocycles. The van der Waals surface area contributed by atoms with Gasteiger partial charge in [0.2, 0.25) is 0 Å². The van der Waals surface area contributed by atoms with E-state index in [1.54, 1.807) is 13.0 Å². The van der Waals surface area contributed by atoms with Crippen LogP contribution in [0.15, 0.2) is 21.5 Å². The van der Waals surface area contributed by atoms with Crippen LogP contribution in [0.2, 0.25) is 0 Å². The van der Waals surface area contributed by atoms with E-state index in [2.05, 4.69) is 23.8 Å². The zero-order chi connectivity index (χ0) is 18.8. The normalized spacial score (nSPS) is 12.5. The fourth-order valence-electron chi connectivity index (χ4n) is 2.84. The second-order valence-electron chi connectivity index (χ2n) is 6.51. The lowest BCUT2D eigenvalue weighted by molar-refractivity contribution is 0.0460. The molecule has 0 fully saturated rings. The van der Waals surface area contributed by atoms with Gasteiger partial charge < -0.3 is 14.1 Å². The molecular weight excluding hydrogens is 352 g/mol. The summed E-state index contributed by atoms with van der Waals surface area (Å²) >= 11 is 1.51. The van der Waals surface area contributed by atoms with Crippen molar-refractivity contribution >= 4 is 27.5 Å². The Balaban J connectivity index is 1.84. The maximum atomic E-state index is 12.6. The third-order valence-electron chi connectivity index (χ3n) is 4.58. The highest BCUT2D eigenvalue weighted by Gasteiger charge is 2.18. The molecule has 0 bridgehead atoms. The van der Waals surface area contributed by atoms with Crippen LogP contribution in [-0.4, -0.2) is 15.9 Å². The van der Waals surface area contributed by atoms with Gasteiger partial charge in [-0.05, 0) is 37.8 Å². The van der Waals surface area contributed by atoms with E-state index in [0.717, 1.165) is 23.3 Å². The Morgan fingerprint density at radius 1 is 1.42 bits per heavy atom. The summed E-state index contributed by atoms with van der Waals surface area (Å²) in [4.78, 5) is 33.7. The van der Waals surface area contributed by atoms with Gasteiger partial charge in [-0.25, -0.2) is 9.78 Å². The summed E-state index contributed by atoms with van der Waals surface area (Å²) in [5.74, 6) is 0.840. The van der Waals surface area contributed by atoms with Crippen molar-refractivity contribution in [2.75, 3.05) is 0 Å². The SMILES string of the molecule is CC[C@H](C)Cc1c(C)sc2nc(COC(=O)c3ccoc3C)[nH]c(=O)c12. The second-order valence-corrected chi connectivity index (χ2v) is 7.72. The molecule has 0 aliphatic heterocycles. The minimum absolute atomic E-state index is 0.0910. The van der Waals surface area contributed by atoms with Crippen LogP contribution in [0.4, 0.5) is 0 Å². The van der Waals surface area contributed by atoms with Crippen molar-refractivity contribution in [2.24, 2.45) is 5.92 Å². The molecule has 0 unspecified atom stereocenters. The molecule has 0 amide bonds. The first-order valence-corrected chi connectivity index (χ1v) is 9.44. The van der Waals surface area contributed by atoms with Gasteiger partial charge in [-0.1, -0.05) is 20.3 Å². The van der Waals surface area contributed by atoms with E-state index in [1.807, 2.05) is 6.92 Å². The Bertz CT molecular complexity index is 999. The summed E-state index contributed by atoms with van der Waals surface area (Å²) in [7, 11) is 0. The number of carbonyl (C=O) groups is 1. The highest BCUT2D eigenvalue weighted by molar-refractivity contribution is 7.18. The fraction of sp³-hybridized carbons (Fsp3) is 0.421. The molecule has 7 heteroatoms. The molecule has 3 aromatic rings. The summed E-state index contributed by atoms with van der Waals surface area (Å²) in [5, 5.41) is 0.661. The molecule has 0 aromatic carbocycles. The van der Waals surface area contributed by atoms with E-state index in [0.29, 0.717) is 33.3 Å². The molecular formula is C19H22N2O4S. The largest absolute Gasteiger partial charge is 0.469 e. The third-order valence-corrected chi connectivity index (χ3v) is 5.62. The highest BCUT2D eigenvalue weighted by Crippen LogP contribution is 2.29. The van der Waals surface area contributed by atoms with Gasteiger partial charge in [-0.15, -0.1) is 11.3 Å². The minimum Gasteiger partial charge on any atom is -0.469 e. The number of furan rings is 1. The number of rotatable bonds is 6. The molecule has 0 spiro atoms. The number of aryl methyl sites for hydroxylation is 2. The van der Waals surface area contributed by atoms with Crippen molar-refractivity contribution in [3.63, 3.8) is 0 Å². The van der Waals surface area contributed by atoms with Crippen LogP contribution in [0.3, 0.4) is 0 Å². The van der Waals surface area contributed by atoms with Crippen molar-refractivity contribution in [2.45, 2.75) is 47.1 Å². The minimum atomic E-state index is -0.501. The first-order chi connectivity index (χ1) is 12.4. The first-order valence-electron chi connectivity index (χ1n) is 8.63. The number of aromatic amines is 1. The summed E-state index contributed by atoms with van der Waals surface area (Å²) in [6.07, 6.45) is 3.36. The topological polar surface area (TPSA) is 85.2 Å². The molecule has 26 heavy (non-hydrogen) atoms. The molecule has 3 heterocycles. The Kier molecular flexibility index (Phi) is 5.27. The molecule has 6 nitrogen and oxygen atoms in total. The fourth-order valence-corrected chi connectivity index (χ4v) is 3.91. The predicted molar refractivity (Wildman–Crippen MR) is 101 cm³/mol. The Hall–Kier alpha value is -2.41. The number of esters is 1. The predicted octanol–water partition coefficient (Wildman–Crippen LogP) is 4.14. The van der Waals surface area contributed by atoms with Crippen LogP contribution in [0, 0.1) is 19.8 Å². The second kappa shape index (κ2) is 7.45. The van der Waals surface area contributed by atoms with Crippen molar-refractivity contribution in [3.8, 4) is 0 Å². The molecule has 138 valence electrons. The number of aromatic nitrogens is 2. The van der Waals surface area contributed by atoms with Gasteiger partial charge in [0.25, 0.3) is 5.56 Å². The third kappa shape index (κ3) is 3.58. The van der Waals surface area contributed by atoms with E-state index in [1.165, 1.54) is 17.6 Å². The number of thiophene rings is 1. The number of H-pyrrole nitrogens is 1. The van der Waals surface area contributed by atoms with Crippen LogP contribution in [0.1, 0.15) is 52.7 Å². The quantitative estimate of drug-likeness (QED) is 0.656. The van der Waals surface area contributed by atoms with Crippen molar-refractivity contribution in [1.82, 2.24) is 9.97 Å². The number of carbonyl (C=O) groups excluding carboxylic acids is 1. The molecule has 0 saturated carbocycles. The molecule has 0 aliphatic carbocycles. The summed E-state index contributed by atoms with van der Waals surface area (Å²) in [6.45, 7) is 7.94. The first kappa shape index (κ1) is 18.4. The molecule has 0 radical (unpaired) electrons. The average Bonchev–Trinajstić information content (AvgIpc) is 3.16.